The van der Waals surface area contributed by atoms with Crippen LogP contribution in [0.3, 0.4) is 0 Å². The number of hydrogen-bond acceptors (Lipinski definition) is 3. The van der Waals surface area contributed by atoms with Gasteiger partial charge in [0.25, 0.3) is 0 Å². The average molecular weight is 320 g/mol. The highest BCUT2D eigenvalue weighted by molar-refractivity contribution is 8.00. The predicted octanol–water partition coefficient (Wildman–Crippen LogP) is 2.84. The molecule has 0 spiro atoms. The molecule has 0 saturated carbocycles. The number of aromatic nitrogens is 1. The molecule has 1 aromatic carbocycles. The molecule has 0 unspecified atom stereocenters. The van der Waals surface area contributed by atoms with Crippen LogP contribution in [0.4, 0.5) is 4.39 Å². The van der Waals surface area contributed by atoms with Gasteiger partial charge >= 0.3 is 0 Å². The summed E-state index contributed by atoms with van der Waals surface area (Å²) in [4.78, 5) is 13.8. The third-order valence-electron chi connectivity index (χ3n) is 3.63. The van der Waals surface area contributed by atoms with E-state index < -0.39 is 0 Å². The molecule has 1 atom stereocenters. The zero-order valence-corrected chi connectivity index (χ0v) is 13.1. The Morgan fingerprint density at radius 3 is 2.82 bits per heavy atom. The van der Waals surface area contributed by atoms with Crippen LogP contribution in [0.15, 0.2) is 42.7 Å². The number of carbonyl (C=O) groups is 1. The summed E-state index contributed by atoms with van der Waals surface area (Å²) < 4.78 is 20.0. The zero-order chi connectivity index (χ0) is 15.5. The van der Waals surface area contributed by atoms with Crippen LogP contribution in [0.5, 0.6) is 0 Å². The van der Waals surface area contributed by atoms with Crippen LogP contribution in [-0.2, 0) is 9.53 Å². The molecule has 2 aromatic rings. The molecule has 1 aliphatic rings. The molecule has 22 heavy (non-hydrogen) atoms. The smallest absolute Gasteiger partial charge is 0.233 e. The lowest BCUT2D eigenvalue weighted by Crippen LogP contribution is -2.31. The number of methoxy groups -OCH3 is 1. The van der Waals surface area contributed by atoms with Gasteiger partial charge in [0.1, 0.15) is 11.2 Å². The van der Waals surface area contributed by atoms with Gasteiger partial charge in [-0.15, -0.1) is 11.8 Å². The summed E-state index contributed by atoms with van der Waals surface area (Å²) in [7, 11) is 1.63. The zero-order valence-electron chi connectivity index (χ0n) is 12.2. The van der Waals surface area contributed by atoms with Crippen molar-refractivity contribution in [2.24, 2.45) is 0 Å². The number of thioether (sulfide) groups is 1. The second-order valence-electron chi connectivity index (χ2n) is 5.07. The standard InChI is InChI=1S/C16H17FN2O2S/c1-21-9-8-19-15(20)11-22-16(19)12-6-7-18(10-12)14-4-2-13(17)3-5-14/h2-7,10,16H,8-9,11H2,1H3/t16-/m0/s1. The van der Waals surface area contributed by atoms with Crippen molar-refractivity contribution in [2.45, 2.75) is 5.37 Å². The third kappa shape index (κ3) is 3.03. The quantitative estimate of drug-likeness (QED) is 0.849. The topological polar surface area (TPSA) is 34.5 Å². The third-order valence-corrected chi connectivity index (χ3v) is 4.89. The summed E-state index contributed by atoms with van der Waals surface area (Å²) in [5.41, 5.74) is 1.96. The van der Waals surface area contributed by atoms with E-state index in [1.165, 1.54) is 12.1 Å². The van der Waals surface area contributed by atoms with Gasteiger partial charge < -0.3 is 14.2 Å². The molecule has 4 nitrogen and oxygen atoms in total. The van der Waals surface area contributed by atoms with Gasteiger partial charge in [-0.1, -0.05) is 0 Å². The summed E-state index contributed by atoms with van der Waals surface area (Å²) in [6.07, 6.45) is 3.92. The summed E-state index contributed by atoms with van der Waals surface area (Å²) >= 11 is 1.62. The Morgan fingerprint density at radius 2 is 2.09 bits per heavy atom. The average Bonchev–Trinajstić information content (AvgIpc) is 3.13. The van der Waals surface area contributed by atoms with E-state index in [9.17, 15) is 9.18 Å². The number of benzene rings is 1. The van der Waals surface area contributed by atoms with Crippen LogP contribution in [0, 0.1) is 5.82 Å². The summed E-state index contributed by atoms with van der Waals surface area (Å²) in [5, 5.41) is 0.0179. The van der Waals surface area contributed by atoms with Crippen molar-refractivity contribution in [2.75, 3.05) is 26.0 Å². The first-order valence-electron chi connectivity index (χ1n) is 7.03. The molecular formula is C16H17FN2O2S. The van der Waals surface area contributed by atoms with Gasteiger partial charge in [0, 0.05) is 37.3 Å². The molecule has 0 radical (unpaired) electrons. The van der Waals surface area contributed by atoms with Gasteiger partial charge in [0.15, 0.2) is 0 Å². The minimum absolute atomic E-state index is 0.0179. The van der Waals surface area contributed by atoms with E-state index in [0.717, 1.165) is 11.3 Å². The maximum atomic E-state index is 13.0. The molecule has 1 fully saturated rings. The lowest BCUT2D eigenvalue weighted by atomic mass is 10.3. The highest BCUT2D eigenvalue weighted by Gasteiger charge is 2.32. The number of ether oxygens (including phenoxy) is 1. The number of nitrogens with zero attached hydrogens (tertiary/aromatic N) is 2. The molecule has 6 heteroatoms. The van der Waals surface area contributed by atoms with Gasteiger partial charge in [-0.3, -0.25) is 4.79 Å². The minimum atomic E-state index is -0.251. The molecule has 1 amide bonds. The fourth-order valence-electron chi connectivity index (χ4n) is 2.49. The maximum Gasteiger partial charge on any atom is 0.233 e. The molecule has 0 N–H and O–H groups in total. The van der Waals surface area contributed by atoms with E-state index in [0.29, 0.717) is 18.9 Å². The fourth-order valence-corrected chi connectivity index (χ4v) is 3.70. The van der Waals surface area contributed by atoms with E-state index in [2.05, 4.69) is 0 Å². The molecular weight excluding hydrogens is 303 g/mol. The minimum Gasteiger partial charge on any atom is -0.383 e. The Balaban J connectivity index is 1.80. The van der Waals surface area contributed by atoms with Crippen molar-refractivity contribution in [1.82, 2.24) is 9.47 Å². The van der Waals surface area contributed by atoms with Gasteiger partial charge in [-0.25, -0.2) is 4.39 Å². The largest absolute Gasteiger partial charge is 0.383 e. The Labute approximate surface area is 132 Å². The number of halogens is 1. The first-order valence-corrected chi connectivity index (χ1v) is 8.08. The van der Waals surface area contributed by atoms with Crippen molar-refractivity contribution < 1.29 is 13.9 Å². The highest BCUT2D eigenvalue weighted by Crippen LogP contribution is 2.38. The Hall–Kier alpha value is -1.79. The second-order valence-corrected chi connectivity index (χ2v) is 6.14. The normalized spacial score (nSPS) is 18.2. The van der Waals surface area contributed by atoms with E-state index in [4.69, 9.17) is 4.74 Å². The van der Waals surface area contributed by atoms with Crippen molar-refractivity contribution in [1.29, 1.82) is 0 Å². The van der Waals surface area contributed by atoms with Crippen molar-refractivity contribution in [3.63, 3.8) is 0 Å². The lowest BCUT2D eigenvalue weighted by molar-refractivity contribution is -0.128. The lowest BCUT2D eigenvalue weighted by Gasteiger charge is -2.22. The van der Waals surface area contributed by atoms with Crippen LogP contribution in [0.25, 0.3) is 5.69 Å². The highest BCUT2D eigenvalue weighted by atomic mass is 32.2. The second kappa shape index (κ2) is 6.54. The van der Waals surface area contributed by atoms with Gasteiger partial charge in [-0.2, -0.15) is 0 Å². The van der Waals surface area contributed by atoms with Crippen LogP contribution in [-0.4, -0.2) is 41.4 Å². The summed E-state index contributed by atoms with van der Waals surface area (Å²) in [6.45, 7) is 1.12. The fraction of sp³-hybridized carbons (Fsp3) is 0.312. The van der Waals surface area contributed by atoms with Gasteiger partial charge in [0.2, 0.25) is 5.91 Å². The summed E-state index contributed by atoms with van der Waals surface area (Å²) in [5.74, 6) is 0.385. The predicted molar refractivity (Wildman–Crippen MR) is 84.5 cm³/mol. The van der Waals surface area contributed by atoms with Crippen LogP contribution in [0.1, 0.15) is 10.9 Å². The Kier molecular flexibility index (Phi) is 4.49. The molecule has 3 rings (SSSR count). The SMILES string of the molecule is COCCN1C(=O)CS[C@H]1c1ccn(-c2ccc(F)cc2)c1. The van der Waals surface area contributed by atoms with Gasteiger partial charge in [0.05, 0.1) is 12.4 Å². The molecule has 1 aromatic heterocycles. The molecule has 1 aliphatic heterocycles. The molecule has 1 saturated heterocycles. The van der Waals surface area contributed by atoms with Crippen molar-refractivity contribution >= 4 is 17.7 Å². The first kappa shape index (κ1) is 15.1. The number of carbonyl (C=O) groups excluding carboxylic acids is 1. The summed E-state index contributed by atoms with van der Waals surface area (Å²) in [6, 6.07) is 8.34. The number of rotatable bonds is 5. The monoisotopic (exact) mass is 320 g/mol. The molecule has 0 bridgehead atoms. The maximum absolute atomic E-state index is 13.0. The van der Waals surface area contributed by atoms with Crippen LogP contribution in [0.2, 0.25) is 0 Å². The van der Waals surface area contributed by atoms with E-state index in [-0.39, 0.29) is 17.1 Å². The number of hydrogen-bond donors (Lipinski definition) is 0. The van der Waals surface area contributed by atoms with Crippen molar-refractivity contribution in [3.05, 3.63) is 54.1 Å². The molecule has 2 heterocycles. The number of amides is 1. The van der Waals surface area contributed by atoms with Crippen LogP contribution >= 0.6 is 11.8 Å². The van der Waals surface area contributed by atoms with E-state index >= 15 is 0 Å². The van der Waals surface area contributed by atoms with E-state index in [1.54, 1.807) is 31.0 Å². The molecule has 0 aliphatic carbocycles. The Bertz CT molecular complexity index is 656. The van der Waals surface area contributed by atoms with Gasteiger partial charge in [-0.05, 0) is 30.3 Å². The Morgan fingerprint density at radius 1 is 1.32 bits per heavy atom. The van der Waals surface area contributed by atoms with Crippen LogP contribution < -0.4 is 0 Å². The van der Waals surface area contributed by atoms with Crippen molar-refractivity contribution in [3.8, 4) is 5.69 Å². The van der Waals surface area contributed by atoms with E-state index in [1.807, 2.05) is 27.9 Å². The first-order chi connectivity index (χ1) is 10.7. The molecule has 116 valence electrons.